The molecule has 0 bridgehead atoms. The molecule has 0 aliphatic heterocycles. The van der Waals surface area contributed by atoms with E-state index in [2.05, 4.69) is 12.1 Å². The highest BCUT2D eigenvalue weighted by molar-refractivity contribution is 6.10. The summed E-state index contributed by atoms with van der Waals surface area (Å²) in [6.07, 6.45) is 2.42. The Balaban J connectivity index is 2.74. The Morgan fingerprint density at radius 2 is 1.66 bits per heavy atom. The number of nitrogens with one attached hydrogen (secondary N) is 1. The lowest BCUT2D eigenvalue weighted by molar-refractivity contribution is -0.145. The number of aryl methyl sites for hydroxylation is 1. The molecule has 1 rings (SSSR count). The third-order valence-electron chi connectivity index (χ3n) is 4.71. The molecule has 1 aromatic rings. The van der Waals surface area contributed by atoms with Crippen molar-refractivity contribution < 1.29 is 19.1 Å². The van der Waals surface area contributed by atoms with Crippen molar-refractivity contribution in [3.05, 3.63) is 35.9 Å². The first-order chi connectivity index (χ1) is 14.8. The van der Waals surface area contributed by atoms with Crippen LogP contribution in [0.4, 0.5) is 4.79 Å². The molecule has 1 atom stereocenters. The molecule has 0 saturated carbocycles. The largest absolute Gasteiger partial charge is 0.443 e. The molecule has 0 spiro atoms. The molecule has 9 heteroatoms. The topological polar surface area (TPSA) is 143 Å². The molecule has 0 aromatic heterocycles. The summed E-state index contributed by atoms with van der Waals surface area (Å²) in [5.41, 5.74) is 5.83. The summed E-state index contributed by atoms with van der Waals surface area (Å²) < 4.78 is 5.18. The van der Waals surface area contributed by atoms with Crippen molar-refractivity contribution in [1.29, 1.82) is 5.41 Å². The predicted octanol–water partition coefficient (Wildman–Crippen LogP) is 3.17. The summed E-state index contributed by atoms with van der Waals surface area (Å²) in [7, 11) is 0. The second-order valence-corrected chi connectivity index (χ2v) is 9.08. The SMILES string of the molecule is CC(C)C(C(=O)N(C(=N)N)C(=O)OC(C)(C)C)N(N)C(=O)CCCCCc1ccccc1. The van der Waals surface area contributed by atoms with Crippen molar-refractivity contribution in [1.82, 2.24) is 9.91 Å². The minimum absolute atomic E-state index is 0.175. The average molecular weight is 448 g/mol. The summed E-state index contributed by atoms with van der Waals surface area (Å²) in [5, 5.41) is 8.52. The van der Waals surface area contributed by atoms with E-state index in [1.165, 1.54) is 5.56 Å². The third-order valence-corrected chi connectivity index (χ3v) is 4.71. The van der Waals surface area contributed by atoms with Crippen LogP contribution in [0, 0.1) is 11.3 Å². The molecular weight excluding hydrogens is 410 g/mol. The van der Waals surface area contributed by atoms with Crippen LogP contribution in [-0.4, -0.2) is 45.4 Å². The van der Waals surface area contributed by atoms with Gasteiger partial charge in [-0.15, -0.1) is 0 Å². The van der Waals surface area contributed by atoms with E-state index >= 15 is 0 Å². The van der Waals surface area contributed by atoms with Gasteiger partial charge in [-0.1, -0.05) is 50.6 Å². The Bertz CT molecular complexity index is 789. The van der Waals surface area contributed by atoms with E-state index in [9.17, 15) is 14.4 Å². The van der Waals surface area contributed by atoms with Gasteiger partial charge in [-0.25, -0.2) is 10.6 Å². The van der Waals surface area contributed by atoms with Crippen LogP contribution >= 0.6 is 0 Å². The van der Waals surface area contributed by atoms with Gasteiger partial charge in [0.2, 0.25) is 11.9 Å². The second kappa shape index (κ2) is 12.2. The Kier molecular flexibility index (Phi) is 10.3. The third kappa shape index (κ3) is 8.66. The van der Waals surface area contributed by atoms with Gasteiger partial charge in [-0.2, -0.15) is 4.90 Å². The van der Waals surface area contributed by atoms with Gasteiger partial charge in [0.25, 0.3) is 5.91 Å². The van der Waals surface area contributed by atoms with E-state index in [1.54, 1.807) is 34.6 Å². The number of carbonyl (C=O) groups excluding carboxylic acids is 3. The summed E-state index contributed by atoms with van der Waals surface area (Å²) in [5.74, 6) is 3.51. The highest BCUT2D eigenvalue weighted by Crippen LogP contribution is 2.17. The van der Waals surface area contributed by atoms with Crippen LogP contribution in [0.1, 0.15) is 65.9 Å². The fourth-order valence-corrected chi connectivity index (χ4v) is 3.18. The molecule has 1 unspecified atom stereocenters. The highest BCUT2D eigenvalue weighted by atomic mass is 16.6. The number of amides is 3. The number of hydrogen-bond donors (Lipinski definition) is 3. The van der Waals surface area contributed by atoms with Crippen LogP contribution in [0.3, 0.4) is 0 Å². The number of imide groups is 1. The zero-order chi connectivity index (χ0) is 24.5. The van der Waals surface area contributed by atoms with Crippen LogP contribution < -0.4 is 11.6 Å². The Morgan fingerprint density at radius 3 is 2.16 bits per heavy atom. The van der Waals surface area contributed by atoms with Crippen LogP contribution in [0.15, 0.2) is 30.3 Å². The number of carbonyl (C=O) groups is 3. The zero-order valence-electron chi connectivity index (χ0n) is 19.8. The van der Waals surface area contributed by atoms with E-state index in [-0.39, 0.29) is 6.42 Å². The molecule has 3 amide bonds. The highest BCUT2D eigenvalue weighted by Gasteiger charge is 2.39. The van der Waals surface area contributed by atoms with Crippen LogP contribution in [0.5, 0.6) is 0 Å². The zero-order valence-corrected chi connectivity index (χ0v) is 19.8. The first-order valence-corrected chi connectivity index (χ1v) is 10.9. The number of nitrogens with zero attached hydrogens (tertiary/aromatic N) is 2. The molecule has 9 nitrogen and oxygen atoms in total. The van der Waals surface area contributed by atoms with Gasteiger partial charge in [-0.3, -0.25) is 20.0 Å². The number of hydrazine groups is 1. The molecule has 0 aliphatic carbocycles. The first-order valence-electron chi connectivity index (χ1n) is 10.9. The van der Waals surface area contributed by atoms with Crippen LogP contribution in [0.2, 0.25) is 0 Å². The number of rotatable bonds is 9. The Hall–Kier alpha value is -2.94. The minimum atomic E-state index is -1.16. The maximum Gasteiger partial charge on any atom is 0.424 e. The number of guanidine groups is 1. The number of hydrogen-bond acceptors (Lipinski definition) is 6. The summed E-state index contributed by atoms with van der Waals surface area (Å²) in [6, 6.07) is 8.93. The van der Waals surface area contributed by atoms with Gasteiger partial charge < -0.3 is 10.5 Å². The smallest absolute Gasteiger partial charge is 0.424 e. The van der Waals surface area contributed by atoms with Gasteiger partial charge in [0.05, 0.1) is 0 Å². The van der Waals surface area contributed by atoms with Crippen molar-refractivity contribution >= 4 is 23.9 Å². The maximum absolute atomic E-state index is 13.1. The lowest BCUT2D eigenvalue weighted by Gasteiger charge is -2.33. The van der Waals surface area contributed by atoms with E-state index in [1.807, 2.05) is 18.2 Å². The minimum Gasteiger partial charge on any atom is -0.443 e. The van der Waals surface area contributed by atoms with Gasteiger partial charge >= 0.3 is 6.09 Å². The molecule has 0 heterocycles. The number of nitrogens with two attached hydrogens (primary N) is 2. The summed E-state index contributed by atoms with van der Waals surface area (Å²) >= 11 is 0. The van der Waals surface area contributed by atoms with Gasteiger partial charge in [0.1, 0.15) is 11.6 Å². The molecule has 32 heavy (non-hydrogen) atoms. The summed E-state index contributed by atoms with van der Waals surface area (Å²) in [6.45, 7) is 8.28. The van der Waals surface area contributed by atoms with Crippen LogP contribution in [0.25, 0.3) is 0 Å². The van der Waals surface area contributed by atoms with Crippen molar-refractivity contribution in [2.75, 3.05) is 0 Å². The quantitative estimate of drug-likeness (QED) is 0.132. The Labute approximate surface area is 190 Å². The number of benzene rings is 1. The van der Waals surface area contributed by atoms with Crippen molar-refractivity contribution in [2.24, 2.45) is 17.5 Å². The number of unbranched alkanes of at least 4 members (excludes halogenated alkanes) is 2. The molecule has 5 N–H and O–H groups in total. The predicted molar refractivity (Wildman–Crippen MR) is 123 cm³/mol. The van der Waals surface area contributed by atoms with Crippen molar-refractivity contribution in [3.63, 3.8) is 0 Å². The lowest BCUT2D eigenvalue weighted by atomic mass is 10.0. The number of ether oxygens (including phenoxy) is 1. The van der Waals surface area contributed by atoms with Crippen molar-refractivity contribution in [2.45, 2.75) is 78.4 Å². The second-order valence-electron chi connectivity index (χ2n) is 9.08. The molecule has 0 radical (unpaired) electrons. The van der Waals surface area contributed by atoms with Gasteiger partial charge in [0.15, 0.2) is 0 Å². The Morgan fingerprint density at radius 1 is 1.06 bits per heavy atom. The average Bonchev–Trinajstić information content (AvgIpc) is 2.66. The molecule has 178 valence electrons. The monoisotopic (exact) mass is 447 g/mol. The first kappa shape index (κ1) is 27.1. The molecule has 0 saturated heterocycles. The molecular formula is C23H37N5O4. The fourth-order valence-electron chi connectivity index (χ4n) is 3.18. The summed E-state index contributed by atoms with van der Waals surface area (Å²) in [4.78, 5) is 38.6. The van der Waals surface area contributed by atoms with Crippen LogP contribution in [-0.2, 0) is 20.7 Å². The maximum atomic E-state index is 13.1. The fraction of sp³-hybridized carbons (Fsp3) is 0.565. The van der Waals surface area contributed by atoms with E-state index in [4.69, 9.17) is 21.7 Å². The van der Waals surface area contributed by atoms with Gasteiger partial charge in [0, 0.05) is 6.42 Å². The molecule has 0 aliphatic rings. The lowest BCUT2D eigenvalue weighted by Crippen LogP contribution is -2.60. The standard InChI is InChI=1S/C23H37N5O4/c1-16(2)19(20(30)27(21(24)25)22(31)32-23(3,4)5)28(26)18(29)15-11-7-10-14-17-12-8-6-9-13-17/h6,8-9,12-13,16,19H,7,10-11,14-15,26H2,1-5H3,(H3,24,25). The molecule has 1 aromatic carbocycles. The van der Waals surface area contributed by atoms with Crippen molar-refractivity contribution in [3.8, 4) is 0 Å². The van der Waals surface area contributed by atoms with E-state index in [0.29, 0.717) is 11.3 Å². The normalized spacial score (nSPS) is 12.2. The van der Waals surface area contributed by atoms with E-state index < -0.39 is 41.4 Å². The molecule has 0 fully saturated rings. The van der Waals surface area contributed by atoms with E-state index in [0.717, 1.165) is 24.3 Å². The van der Waals surface area contributed by atoms with Gasteiger partial charge in [-0.05, 0) is 51.5 Å².